The number of aromatic amines is 1. The second-order valence-electron chi connectivity index (χ2n) is 3.75. The van der Waals surface area contributed by atoms with Crippen LogP contribution in [0.4, 0.5) is 0 Å². The maximum Gasteiger partial charge on any atom is 0.166 e. The maximum atomic E-state index is 8.99. The lowest BCUT2D eigenvalue weighted by molar-refractivity contribution is 0.324. The quantitative estimate of drug-likeness (QED) is 0.811. The second kappa shape index (κ2) is 3.90. The molecule has 2 aromatic rings. The summed E-state index contributed by atoms with van der Waals surface area (Å²) in [5.41, 5.74) is 3.22. The van der Waals surface area contributed by atoms with E-state index in [2.05, 4.69) is 32.2 Å². The topological polar surface area (TPSA) is 61.7 Å². The van der Waals surface area contributed by atoms with Crippen molar-refractivity contribution in [1.29, 1.82) is 5.26 Å². The van der Waals surface area contributed by atoms with Gasteiger partial charge in [0.25, 0.3) is 0 Å². The molecule has 17 heavy (non-hydrogen) atoms. The van der Waals surface area contributed by atoms with Gasteiger partial charge in [-0.15, -0.1) is 0 Å². The van der Waals surface area contributed by atoms with Gasteiger partial charge in [-0.3, -0.25) is 5.10 Å². The van der Waals surface area contributed by atoms with E-state index >= 15 is 0 Å². The van der Waals surface area contributed by atoms with Crippen LogP contribution in [0.15, 0.2) is 22.7 Å². The first-order valence-corrected chi connectivity index (χ1v) is 5.99. The zero-order valence-corrected chi connectivity index (χ0v) is 10.4. The van der Waals surface area contributed by atoms with Crippen LogP contribution >= 0.6 is 15.9 Å². The molecular formula is C12H8BrN3O. The van der Waals surface area contributed by atoms with Crippen molar-refractivity contribution in [2.75, 3.05) is 6.61 Å². The molecule has 0 saturated carbocycles. The van der Waals surface area contributed by atoms with Gasteiger partial charge in [-0.25, -0.2) is 0 Å². The normalized spacial score (nSPS) is 12.9. The van der Waals surface area contributed by atoms with E-state index in [0.717, 1.165) is 27.0 Å². The molecule has 0 radical (unpaired) electrons. The van der Waals surface area contributed by atoms with Crippen molar-refractivity contribution in [3.05, 3.63) is 33.9 Å². The third kappa shape index (κ3) is 1.53. The van der Waals surface area contributed by atoms with Crippen LogP contribution in [-0.4, -0.2) is 16.8 Å². The number of nitrogens with zero attached hydrogens (tertiary/aromatic N) is 2. The summed E-state index contributed by atoms with van der Waals surface area (Å²) in [6.07, 6.45) is 0.690. The van der Waals surface area contributed by atoms with Crippen LogP contribution < -0.4 is 4.74 Å². The van der Waals surface area contributed by atoms with E-state index in [1.165, 1.54) is 0 Å². The third-order valence-electron chi connectivity index (χ3n) is 2.81. The van der Waals surface area contributed by atoms with Gasteiger partial charge in [0.2, 0.25) is 0 Å². The van der Waals surface area contributed by atoms with Crippen molar-refractivity contribution in [3.63, 3.8) is 0 Å². The largest absolute Gasteiger partial charge is 0.491 e. The summed E-state index contributed by atoms with van der Waals surface area (Å²) >= 11 is 3.47. The van der Waals surface area contributed by atoms with Gasteiger partial charge >= 0.3 is 0 Å². The van der Waals surface area contributed by atoms with E-state index in [1.807, 2.05) is 18.2 Å². The number of benzene rings is 1. The van der Waals surface area contributed by atoms with E-state index in [0.29, 0.717) is 18.7 Å². The van der Waals surface area contributed by atoms with Gasteiger partial charge < -0.3 is 4.74 Å². The maximum absolute atomic E-state index is 8.99. The van der Waals surface area contributed by atoms with Gasteiger partial charge in [0.05, 0.1) is 16.8 Å². The number of nitriles is 1. The minimum Gasteiger partial charge on any atom is -0.491 e. The number of hydrogen-bond donors (Lipinski definition) is 1. The van der Waals surface area contributed by atoms with Crippen LogP contribution in [0, 0.1) is 11.3 Å². The number of fused-ring (bicyclic) bond motifs is 3. The minimum absolute atomic E-state index is 0.455. The summed E-state index contributed by atoms with van der Waals surface area (Å²) in [7, 11) is 0. The van der Waals surface area contributed by atoms with Crippen LogP contribution in [0.2, 0.25) is 0 Å². The fourth-order valence-corrected chi connectivity index (χ4v) is 2.51. The summed E-state index contributed by atoms with van der Waals surface area (Å²) in [4.78, 5) is 0. The van der Waals surface area contributed by atoms with Crippen molar-refractivity contribution in [1.82, 2.24) is 10.2 Å². The number of H-pyrrole nitrogens is 1. The Morgan fingerprint density at radius 1 is 1.47 bits per heavy atom. The number of para-hydroxylation sites is 1. The fraction of sp³-hybridized carbons (Fsp3) is 0.167. The summed E-state index contributed by atoms with van der Waals surface area (Å²) in [5, 5.41) is 16.0. The van der Waals surface area contributed by atoms with E-state index in [-0.39, 0.29) is 0 Å². The molecule has 4 nitrogen and oxygen atoms in total. The lowest BCUT2D eigenvalue weighted by Crippen LogP contribution is -2.00. The highest BCUT2D eigenvalue weighted by molar-refractivity contribution is 9.10. The highest BCUT2D eigenvalue weighted by atomic mass is 79.9. The Bertz CT molecular complexity index is 627. The van der Waals surface area contributed by atoms with Crippen LogP contribution in [0.3, 0.4) is 0 Å². The smallest absolute Gasteiger partial charge is 0.166 e. The van der Waals surface area contributed by atoms with Crippen molar-refractivity contribution < 1.29 is 4.74 Å². The van der Waals surface area contributed by atoms with Gasteiger partial charge in [0, 0.05) is 17.5 Å². The average molecular weight is 290 g/mol. The number of aromatic nitrogens is 2. The Hall–Kier alpha value is -1.80. The highest BCUT2D eigenvalue weighted by Gasteiger charge is 2.22. The summed E-state index contributed by atoms with van der Waals surface area (Å²) in [6.45, 7) is 0.552. The molecule has 0 atom stereocenters. The number of halogens is 1. The zero-order chi connectivity index (χ0) is 11.8. The first kappa shape index (κ1) is 10.4. The molecule has 1 N–H and O–H groups in total. The summed E-state index contributed by atoms with van der Waals surface area (Å²) in [6, 6.07) is 7.94. The van der Waals surface area contributed by atoms with E-state index in [4.69, 9.17) is 10.00 Å². The van der Waals surface area contributed by atoms with E-state index in [1.54, 1.807) is 0 Å². The lowest BCUT2D eigenvalue weighted by Gasteiger charge is -2.08. The van der Waals surface area contributed by atoms with Gasteiger partial charge in [0.15, 0.2) is 5.69 Å². The Kier molecular flexibility index (Phi) is 2.37. The SMILES string of the molecule is N#Cc1n[nH]c2c1CCOc1c(Br)cccc1-2. The zero-order valence-electron chi connectivity index (χ0n) is 8.83. The molecule has 0 fully saturated rings. The first-order valence-electron chi connectivity index (χ1n) is 5.20. The summed E-state index contributed by atoms with van der Waals surface area (Å²) < 4.78 is 6.63. The molecule has 1 aromatic carbocycles. The molecule has 2 heterocycles. The molecule has 0 unspecified atom stereocenters. The molecule has 0 spiro atoms. The molecule has 84 valence electrons. The third-order valence-corrected chi connectivity index (χ3v) is 3.43. The Morgan fingerprint density at radius 2 is 2.35 bits per heavy atom. The molecule has 3 rings (SSSR count). The molecule has 0 amide bonds. The van der Waals surface area contributed by atoms with Crippen molar-refractivity contribution >= 4 is 15.9 Å². The predicted octanol–water partition coefficient (Wildman–Crippen LogP) is 2.65. The molecule has 5 heteroatoms. The van der Waals surface area contributed by atoms with Crippen molar-refractivity contribution in [2.24, 2.45) is 0 Å². The van der Waals surface area contributed by atoms with Gasteiger partial charge in [0.1, 0.15) is 11.8 Å². The molecule has 0 aliphatic carbocycles. The second-order valence-corrected chi connectivity index (χ2v) is 4.61. The van der Waals surface area contributed by atoms with E-state index < -0.39 is 0 Å². The van der Waals surface area contributed by atoms with E-state index in [9.17, 15) is 0 Å². The van der Waals surface area contributed by atoms with Crippen LogP contribution in [0.5, 0.6) is 5.75 Å². The Balaban J connectivity index is 2.29. The number of hydrogen-bond acceptors (Lipinski definition) is 3. The molecule has 0 saturated heterocycles. The number of nitrogens with one attached hydrogen (secondary N) is 1. The van der Waals surface area contributed by atoms with Crippen molar-refractivity contribution in [3.8, 4) is 23.1 Å². The standard InChI is InChI=1S/C12H8BrN3O/c13-9-3-1-2-8-11-7(4-5-17-12(8)9)10(6-14)15-16-11/h1-3H,4-5H2,(H,15,16). The molecular weight excluding hydrogens is 282 g/mol. The van der Waals surface area contributed by atoms with Gasteiger partial charge in [-0.05, 0) is 28.1 Å². The van der Waals surface area contributed by atoms with Gasteiger partial charge in [-0.2, -0.15) is 10.4 Å². The molecule has 1 aromatic heterocycles. The van der Waals surface area contributed by atoms with Crippen LogP contribution in [0.25, 0.3) is 11.3 Å². The van der Waals surface area contributed by atoms with Gasteiger partial charge in [-0.1, -0.05) is 6.07 Å². The first-order chi connectivity index (χ1) is 8.31. The van der Waals surface area contributed by atoms with Crippen molar-refractivity contribution in [2.45, 2.75) is 6.42 Å². The minimum atomic E-state index is 0.455. The fourth-order valence-electron chi connectivity index (χ4n) is 2.03. The average Bonchev–Trinajstić information content (AvgIpc) is 2.65. The highest BCUT2D eigenvalue weighted by Crippen LogP contribution is 2.39. The molecule has 1 aliphatic rings. The molecule has 0 bridgehead atoms. The Morgan fingerprint density at radius 3 is 3.18 bits per heavy atom. The summed E-state index contributed by atoms with van der Waals surface area (Å²) in [5.74, 6) is 0.805. The Labute approximate surface area is 106 Å². The van der Waals surface area contributed by atoms with Crippen LogP contribution in [0.1, 0.15) is 11.3 Å². The number of rotatable bonds is 0. The predicted molar refractivity (Wildman–Crippen MR) is 65.6 cm³/mol. The van der Waals surface area contributed by atoms with Crippen LogP contribution in [-0.2, 0) is 6.42 Å². The lowest BCUT2D eigenvalue weighted by atomic mass is 10.0. The number of ether oxygens (including phenoxy) is 1. The monoisotopic (exact) mass is 289 g/mol. The molecule has 1 aliphatic heterocycles.